The molecular formula is C13H10BrF3N2O2S. The van der Waals surface area contributed by atoms with Gasteiger partial charge in [0.05, 0.1) is 10.2 Å². The van der Waals surface area contributed by atoms with Crippen molar-refractivity contribution in [1.82, 2.24) is 4.98 Å². The van der Waals surface area contributed by atoms with Crippen molar-refractivity contribution < 1.29 is 22.7 Å². The summed E-state index contributed by atoms with van der Waals surface area (Å²) in [6, 6.07) is 4.64. The van der Waals surface area contributed by atoms with Crippen molar-refractivity contribution >= 4 is 38.3 Å². The van der Waals surface area contributed by atoms with Crippen molar-refractivity contribution in [2.75, 3.05) is 11.9 Å². The summed E-state index contributed by atoms with van der Waals surface area (Å²) in [5.41, 5.74) is 1.30. The molecule has 2 aromatic rings. The molecule has 0 unspecified atom stereocenters. The quantitative estimate of drug-likeness (QED) is 0.831. The van der Waals surface area contributed by atoms with Crippen molar-refractivity contribution in [3.05, 3.63) is 28.1 Å². The van der Waals surface area contributed by atoms with Crippen LogP contribution < -0.4 is 10.1 Å². The summed E-state index contributed by atoms with van der Waals surface area (Å²) in [6.45, 7) is 0.0266. The topological polar surface area (TPSA) is 51.2 Å². The molecule has 0 saturated heterocycles. The van der Waals surface area contributed by atoms with Crippen molar-refractivity contribution in [2.24, 2.45) is 0 Å². The fraction of sp³-hybridized carbons (Fsp3) is 0.231. The summed E-state index contributed by atoms with van der Waals surface area (Å²) in [5.74, 6) is -0.128. The molecule has 0 bridgehead atoms. The smallest absolute Gasteiger partial charge is 0.422 e. The van der Waals surface area contributed by atoms with Crippen LogP contribution in [0.3, 0.4) is 0 Å². The average Bonchev–Trinajstić information content (AvgIpc) is 2.83. The van der Waals surface area contributed by atoms with Crippen LogP contribution in [0, 0.1) is 0 Å². The van der Waals surface area contributed by atoms with Crippen molar-refractivity contribution in [3.8, 4) is 17.0 Å². The molecule has 1 amide bonds. The Morgan fingerprint density at radius 3 is 2.77 bits per heavy atom. The minimum absolute atomic E-state index is 0.0957. The van der Waals surface area contributed by atoms with Crippen LogP contribution in [-0.2, 0) is 4.79 Å². The summed E-state index contributed by atoms with van der Waals surface area (Å²) in [7, 11) is 0. The zero-order valence-corrected chi connectivity index (χ0v) is 13.6. The lowest BCUT2D eigenvalue weighted by Gasteiger charge is -2.11. The fourth-order valence-corrected chi connectivity index (χ4v) is 2.81. The summed E-state index contributed by atoms with van der Waals surface area (Å²) in [4.78, 5) is 15.2. The SMILES string of the molecule is CC(=O)Nc1nc(-c2ccc(OCC(F)(F)F)c(Br)c2)cs1. The lowest BCUT2D eigenvalue weighted by molar-refractivity contribution is -0.153. The van der Waals surface area contributed by atoms with Gasteiger partial charge in [-0.05, 0) is 34.1 Å². The third-order valence-corrected chi connectivity index (χ3v) is 3.78. The molecule has 1 N–H and O–H groups in total. The van der Waals surface area contributed by atoms with Crippen LogP contribution in [0.4, 0.5) is 18.3 Å². The maximum Gasteiger partial charge on any atom is 0.422 e. The summed E-state index contributed by atoms with van der Waals surface area (Å²) < 4.78 is 41.5. The van der Waals surface area contributed by atoms with E-state index in [1.165, 1.54) is 24.3 Å². The highest BCUT2D eigenvalue weighted by molar-refractivity contribution is 9.10. The molecule has 0 radical (unpaired) electrons. The van der Waals surface area contributed by atoms with Gasteiger partial charge in [-0.25, -0.2) is 4.98 Å². The molecule has 0 saturated carbocycles. The Morgan fingerprint density at radius 1 is 1.45 bits per heavy atom. The molecule has 22 heavy (non-hydrogen) atoms. The first kappa shape index (κ1) is 16.8. The van der Waals surface area contributed by atoms with Crippen LogP contribution in [0.25, 0.3) is 11.3 Å². The number of halogens is 4. The van der Waals surface area contributed by atoms with Gasteiger partial charge in [0.2, 0.25) is 5.91 Å². The number of aromatic nitrogens is 1. The molecule has 0 aliphatic carbocycles. The zero-order chi connectivity index (χ0) is 16.3. The maximum absolute atomic E-state index is 12.1. The molecule has 0 atom stereocenters. The molecule has 0 aliphatic heterocycles. The van der Waals surface area contributed by atoms with Crippen LogP contribution in [0.5, 0.6) is 5.75 Å². The summed E-state index contributed by atoms with van der Waals surface area (Å²) in [5, 5.41) is 4.76. The standard InChI is InChI=1S/C13H10BrF3N2O2S/c1-7(20)18-12-19-10(5-22-12)8-2-3-11(9(14)4-8)21-6-13(15,16)17/h2-5H,6H2,1H3,(H,18,19,20). The third-order valence-electron chi connectivity index (χ3n) is 2.41. The first-order chi connectivity index (χ1) is 10.2. The normalized spacial score (nSPS) is 11.3. The number of nitrogens with one attached hydrogen (secondary N) is 1. The number of alkyl halides is 3. The van der Waals surface area contributed by atoms with Gasteiger partial charge in [0.1, 0.15) is 5.75 Å². The number of nitrogens with zero attached hydrogens (tertiary/aromatic N) is 1. The van der Waals surface area contributed by atoms with E-state index in [1.54, 1.807) is 17.5 Å². The van der Waals surface area contributed by atoms with Crippen LogP contribution in [0.15, 0.2) is 28.1 Å². The number of carbonyl (C=O) groups is 1. The average molecular weight is 395 g/mol. The lowest BCUT2D eigenvalue weighted by Crippen LogP contribution is -2.19. The van der Waals surface area contributed by atoms with E-state index in [-0.39, 0.29) is 11.7 Å². The molecule has 4 nitrogen and oxygen atoms in total. The minimum atomic E-state index is -4.39. The number of rotatable bonds is 4. The van der Waals surface area contributed by atoms with E-state index in [0.29, 0.717) is 20.9 Å². The van der Waals surface area contributed by atoms with Crippen LogP contribution in [-0.4, -0.2) is 23.7 Å². The number of hydrogen-bond donors (Lipinski definition) is 1. The van der Waals surface area contributed by atoms with Gasteiger partial charge in [-0.3, -0.25) is 4.79 Å². The Bertz CT molecular complexity index is 688. The minimum Gasteiger partial charge on any atom is -0.483 e. The van der Waals surface area contributed by atoms with Crippen molar-refractivity contribution in [1.29, 1.82) is 0 Å². The Kier molecular flexibility index (Phi) is 5.07. The van der Waals surface area contributed by atoms with Crippen LogP contribution in [0.1, 0.15) is 6.92 Å². The Balaban J connectivity index is 2.15. The van der Waals surface area contributed by atoms with E-state index >= 15 is 0 Å². The van der Waals surface area contributed by atoms with Gasteiger partial charge < -0.3 is 10.1 Å². The highest BCUT2D eigenvalue weighted by atomic mass is 79.9. The van der Waals surface area contributed by atoms with Crippen molar-refractivity contribution in [3.63, 3.8) is 0 Å². The second kappa shape index (κ2) is 6.66. The first-order valence-corrected chi connectivity index (χ1v) is 7.64. The predicted octanol–water partition coefficient (Wildman–Crippen LogP) is 4.47. The Morgan fingerprint density at radius 2 is 2.18 bits per heavy atom. The van der Waals surface area contributed by atoms with E-state index < -0.39 is 12.8 Å². The van der Waals surface area contributed by atoms with Gasteiger partial charge in [-0.15, -0.1) is 11.3 Å². The second-order valence-corrected chi connectivity index (χ2v) is 5.98. The predicted molar refractivity (Wildman–Crippen MR) is 81.1 cm³/mol. The molecule has 118 valence electrons. The molecule has 0 aliphatic rings. The molecule has 1 heterocycles. The fourth-order valence-electron chi connectivity index (χ4n) is 1.55. The first-order valence-electron chi connectivity index (χ1n) is 5.97. The molecule has 1 aromatic heterocycles. The molecular weight excluding hydrogens is 385 g/mol. The van der Waals surface area contributed by atoms with Gasteiger partial charge in [0.25, 0.3) is 0 Å². The summed E-state index contributed by atoms with van der Waals surface area (Å²) >= 11 is 4.43. The summed E-state index contributed by atoms with van der Waals surface area (Å²) in [6.07, 6.45) is -4.39. The van der Waals surface area contributed by atoms with Gasteiger partial charge in [0.15, 0.2) is 11.7 Å². The zero-order valence-electron chi connectivity index (χ0n) is 11.2. The van der Waals surface area contributed by atoms with E-state index in [9.17, 15) is 18.0 Å². The van der Waals surface area contributed by atoms with E-state index in [4.69, 9.17) is 4.74 Å². The largest absolute Gasteiger partial charge is 0.483 e. The molecule has 1 aromatic carbocycles. The lowest BCUT2D eigenvalue weighted by atomic mass is 10.2. The number of carbonyl (C=O) groups excluding carboxylic acids is 1. The number of benzene rings is 1. The number of anilines is 1. The number of ether oxygens (including phenoxy) is 1. The number of amides is 1. The number of hydrogen-bond acceptors (Lipinski definition) is 4. The van der Waals surface area contributed by atoms with Gasteiger partial charge in [0, 0.05) is 17.9 Å². The highest BCUT2D eigenvalue weighted by Crippen LogP contribution is 2.33. The Labute approximate surface area is 136 Å². The van der Waals surface area contributed by atoms with Crippen molar-refractivity contribution in [2.45, 2.75) is 13.1 Å². The van der Waals surface area contributed by atoms with E-state index in [0.717, 1.165) is 0 Å². The molecule has 2 rings (SSSR count). The van der Waals surface area contributed by atoms with E-state index in [2.05, 4.69) is 26.2 Å². The highest BCUT2D eigenvalue weighted by Gasteiger charge is 2.28. The molecule has 0 fully saturated rings. The Hall–Kier alpha value is -1.61. The molecule has 0 spiro atoms. The number of thiazole rings is 1. The monoisotopic (exact) mass is 394 g/mol. The maximum atomic E-state index is 12.1. The van der Waals surface area contributed by atoms with Crippen LogP contribution in [0.2, 0.25) is 0 Å². The van der Waals surface area contributed by atoms with Gasteiger partial charge in [-0.1, -0.05) is 0 Å². The van der Waals surface area contributed by atoms with Gasteiger partial charge >= 0.3 is 6.18 Å². The van der Waals surface area contributed by atoms with Crippen LogP contribution >= 0.6 is 27.3 Å². The third kappa shape index (κ3) is 4.70. The van der Waals surface area contributed by atoms with Gasteiger partial charge in [-0.2, -0.15) is 13.2 Å². The second-order valence-electron chi connectivity index (χ2n) is 4.27. The van der Waals surface area contributed by atoms with E-state index in [1.807, 2.05) is 0 Å². The molecule has 9 heteroatoms.